The van der Waals surface area contributed by atoms with Crippen LogP contribution in [0.5, 0.6) is 0 Å². The molecule has 0 radical (unpaired) electrons. The third-order valence-corrected chi connectivity index (χ3v) is 6.06. The average Bonchev–Trinajstić information content (AvgIpc) is 3.11. The number of hydrogen-bond donors (Lipinski definition) is 0. The predicted molar refractivity (Wildman–Crippen MR) is 102 cm³/mol. The number of sulfonamides is 1. The summed E-state index contributed by atoms with van der Waals surface area (Å²) in [5.41, 5.74) is 2.12. The Morgan fingerprint density at radius 3 is 2.41 bits per heavy atom. The summed E-state index contributed by atoms with van der Waals surface area (Å²) in [6.45, 7) is 1.38. The number of piperazine rings is 1. The van der Waals surface area contributed by atoms with Crippen LogP contribution in [0.1, 0.15) is 10.4 Å². The zero-order valence-electron chi connectivity index (χ0n) is 14.8. The van der Waals surface area contributed by atoms with E-state index >= 15 is 0 Å². The first-order valence-corrected chi connectivity index (χ1v) is 10.5. The Morgan fingerprint density at radius 1 is 1.04 bits per heavy atom. The summed E-state index contributed by atoms with van der Waals surface area (Å²) in [6.07, 6.45) is 1.19. The minimum Gasteiger partial charge on any atom is -0.355 e. The van der Waals surface area contributed by atoms with Crippen LogP contribution in [-0.2, 0) is 10.0 Å². The molecule has 140 valence electrons. The van der Waals surface area contributed by atoms with Gasteiger partial charge in [-0.25, -0.2) is 8.42 Å². The minimum absolute atomic E-state index is 0.120. The third kappa shape index (κ3) is 3.45. The van der Waals surface area contributed by atoms with Gasteiger partial charge in [0.05, 0.1) is 11.6 Å². The van der Waals surface area contributed by atoms with Gasteiger partial charge in [-0.15, -0.1) is 0 Å². The van der Waals surface area contributed by atoms with Crippen molar-refractivity contribution >= 4 is 26.8 Å². The maximum atomic E-state index is 12.9. The van der Waals surface area contributed by atoms with Crippen LogP contribution >= 0.6 is 0 Å². The summed E-state index contributed by atoms with van der Waals surface area (Å²) in [6, 6.07) is 14.9. The van der Waals surface area contributed by atoms with Crippen molar-refractivity contribution in [2.75, 3.05) is 32.4 Å². The van der Waals surface area contributed by atoms with E-state index in [9.17, 15) is 13.2 Å². The van der Waals surface area contributed by atoms with E-state index in [4.69, 9.17) is 4.52 Å². The van der Waals surface area contributed by atoms with Crippen molar-refractivity contribution in [3.63, 3.8) is 0 Å². The SMILES string of the molecule is CS(=O)(=O)N1CCN(C(=O)c2ccc3noc(-c4ccccc4)c3c2)CC1. The first kappa shape index (κ1) is 17.7. The van der Waals surface area contributed by atoms with Crippen molar-refractivity contribution in [2.24, 2.45) is 0 Å². The minimum atomic E-state index is -3.22. The van der Waals surface area contributed by atoms with Gasteiger partial charge >= 0.3 is 0 Å². The van der Waals surface area contributed by atoms with Crippen LogP contribution in [-0.4, -0.2) is 61.1 Å². The molecule has 27 heavy (non-hydrogen) atoms. The predicted octanol–water partition coefficient (Wildman–Crippen LogP) is 2.21. The molecule has 0 spiro atoms. The lowest BCUT2D eigenvalue weighted by Gasteiger charge is -2.33. The van der Waals surface area contributed by atoms with Gasteiger partial charge in [0.15, 0.2) is 5.76 Å². The number of carbonyl (C=O) groups excluding carboxylic acids is 1. The van der Waals surface area contributed by atoms with Gasteiger partial charge in [-0.05, 0) is 18.2 Å². The third-order valence-electron chi connectivity index (χ3n) is 4.75. The Kier molecular flexibility index (Phi) is 4.45. The number of carbonyl (C=O) groups is 1. The highest BCUT2D eigenvalue weighted by molar-refractivity contribution is 7.88. The second kappa shape index (κ2) is 6.79. The molecule has 1 saturated heterocycles. The normalized spacial score (nSPS) is 16.0. The molecule has 0 bridgehead atoms. The molecule has 0 unspecified atom stereocenters. The monoisotopic (exact) mass is 385 g/mol. The van der Waals surface area contributed by atoms with Crippen molar-refractivity contribution in [3.8, 4) is 11.3 Å². The van der Waals surface area contributed by atoms with Crippen LogP contribution in [0.2, 0.25) is 0 Å². The van der Waals surface area contributed by atoms with Crippen LogP contribution in [0, 0.1) is 0 Å². The van der Waals surface area contributed by atoms with Gasteiger partial charge in [-0.3, -0.25) is 4.79 Å². The van der Waals surface area contributed by atoms with Gasteiger partial charge in [-0.2, -0.15) is 4.31 Å². The lowest BCUT2D eigenvalue weighted by atomic mass is 10.1. The molecule has 3 aromatic rings. The Balaban J connectivity index is 1.60. The molecule has 2 heterocycles. The van der Waals surface area contributed by atoms with E-state index in [2.05, 4.69) is 5.16 Å². The summed E-state index contributed by atoms with van der Waals surface area (Å²) in [5.74, 6) is 0.507. The van der Waals surface area contributed by atoms with Gasteiger partial charge in [0.25, 0.3) is 5.91 Å². The summed E-state index contributed by atoms with van der Waals surface area (Å²) in [4.78, 5) is 14.6. The van der Waals surface area contributed by atoms with Crippen molar-refractivity contribution in [1.82, 2.24) is 14.4 Å². The maximum absolute atomic E-state index is 12.9. The van der Waals surface area contributed by atoms with Crippen LogP contribution < -0.4 is 0 Å². The smallest absolute Gasteiger partial charge is 0.253 e. The molecule has 0 saturated carbocycles. The number of amides is 1. The second-order valence-electron chi connectivity index (χ2n) is 6.56. The highest BCUT2D eigenvalue weighted by Gasteiger charge is 2.27. The molecule has 1 aliphatic rings. The van der Waals surface area contributed by atoms with Crippen molar-refractivity contribution in [2.45, 2.75) is 0 Å². The van der Waals surface area contributed by atoms with Crippen molar-refractivity contribution in [3.05, 3.63) is 54.1 Å². The quantitative estimate of drug-likeness (QED) is 0.690. The molecule has 4 rings (SSSR count). The van der Waals surface area contributed by atoms with Gasteiger partial charge < -0.3 is 9.42 Å². The molecule has 0 N–H and O–H groups in total. The van der Waals surface area contributed by atoms with Crippen LogP contribution in [0.4, 0.5) is 0 Å². The molecule has 8 heteroatoms. The van der Waals surface area contributed by atoms with E-state index < -0.39 is 10.0 Å². The Labute approximate surface area is 157 Å². The first-order chi connectivity index (χ1) is 12.9. The molecule has 1 fully saturated rings. The maximum Gasteiger partial charge on any atom is 0.253 e. The van der Waals surface area contributed by atoms with E-state index in [1.54, 1.807) is 23.1 Å². The van der Waals surface area contributed by atoms with Crippen LogP contribution in [0.3, 0.4) is 0 Å². The Morgan fingerprint density at radius 2 is 1.74 bits per heavy atom. The molecule has 0 atom stereocenters. The average molecular weight is 385 g/mol. The first-order valence-electron chi connectivity index (χ1n) is 8.63. The van der Waals surface area contributed by atoms with E-state index in [1.165, 1.54) is 10.6 Å². The molecule has 1 aliphatic heterocycles. The largest absolute Gasteiger partial charge is 0.355 e. The van der Waals surface area contributed by atoms with Gasteiger partial charge in [0, 0.05) is 37.3 Å². The molecular formula is C19H19N3O4S. The van der Waals surface area contributed by atoms with Gasteiger partial charge in [-0.1, -0.05) is 35.5 Å². The molecule has 1 amide bonds. The van der Waals surface area contributed by atoms with Gasteiger partial charge in [0.1, 0.15) is 5.52 Å². The highest BCUT2D eigenvalue weighted by atomic mass is 32.2. The number of nitrogens with zero attached hydrogens (tertiary/aromatic N) is 3. The lowest BCUT2D eigenvalue weighted by Crippen LogP contribution is -2.50. The summed E-state index contributed by atoms with van der Waals surface area (Å²) < 4.78 is 30.1. The number of hydrogen-bond acceptors (Lipinski definition) is 5. The number of aromatic nitrogens is 1. The van der Waals surface area contributed by atoms with Gasteiger partial charge in [0.2, 0.25) is 10.0 Å². The topological polar surface area (TPSA) is 83.7 Å². The highest BCUT2D eigenvalue weighted by Crippen LogP contribution is 2.29. The van der Waals surface area contributed by atoms with E-state index in [-0.39, 0.29) is 5.91 Å². The summed E-state index contributed by atoms with van der Waals surface area (Å²) >= 11 is 0. The zero-order valence-corrected chi connectivity index (χ0v) is 15.6. The fourth-order valence-corrected chi connectivity index (χ4v) is 4.10. The lowest BCUT2D eigenvalue weighted by molar-refractivity contribution is 0.0698. The molecule has 2 aromatic carbocycles. The van der Waals surface area contributed by atoms with E-state index in [1.807, 2.05) is 30.3 Å². The number of benzene rings is 2. The van der Waals surface area contributed by atoms with Crippen molar-refractivity contribution in [1.29, 1.82) is 0 Å². The van der Waals surface area contributed by atoms with Crippen LogP contribution in [0.25, 0.3) is 22.2 Å². The molecular weight excluding hydrogens is 366 g/mol. The molecule has 7 nitrogen and oxygen atoms in total. The Bertz CT molecular complexity index is 1080. The molecule has 1 aromatic heterocycles. The standard InChI is InChI=1S/C19H19N3O4S/c1-27(24,25)22-11-9-21(10-12-22)19(23)15-7-8-17-16(13-15)18(26-20-17)14-5-3-2-4-6-14/h2-8,13H,9-12H2,1H3. The summed E-state index contributed by atoms with van der Waals surface area (Å²) in [7, 11) is -3.22. The second-order valence-corrected chi connectivity index (χ2v) is 8.55. The fraction of sp³-hybridized carbons (Fsp3) is 0.263. The number of fused-ring (bicyclic) bond motifs is 1. The zero-order chi connectivity index (χ0) is 19.0. The number of rotatable bonds is 3. The molecule has 0 aliphatic carbocycles. The summed E-state index contributed by atoms with van der Waals surface area (Å²) in [5, 5.41) is 4.85. The van der Waals surface area contributed by atoms with E-state index in [0.717, 1.165) is 10.9 Å². The Hall–Kier alpha value is -2.71. The van der Waals surface area contributed by atoms with E-state index in [0.29, 0.717) is 43.0 Å². The van der Waals surface area contributed by atoms with Crippen LogP contribution in [0.15, 0.2) is 53.1 Å². The fourth-order valence-electron chi connectivity index (χ4n) is 3.28. The van der Waals surface area contributed by atoms with Crippen molar-refractivity contribution < 1.29 is 17.7 Å².